The normalized spacial score (nSPS) is 21.2. The molecule has 1 aliphatic heterocycles. The molecule has 1 aromatic rings. The fourth-order valence-corrected chi connectivity index (χ4v) is 2.01. The summed E-state index contributed by atoms with van der Waals surface area (Å²) in [5.41, 5.74) is 0.882. The molecule has 0 aromatic heterocycles. The predicted molar refractivity (Wildman–Crippen MR) is 58.2 cm³/mol. The molecule has 1 fully saturated rings. The van der Waals surface area contributed by atoms with E-state index in [9.17, 15) is 4.79 Å². The van der Waals surface area contributed by atoms with Gasteiger partial charge in [-0.25, -0.2) is 0 Å². The van der Waals surface area contributed by atoms with Crippen LogP contribution < -0.4 is 5.32 Å². The number of hydrogen-bond donors (Lipinski definition) is 1. The van der Waals surface area contributed by atoms with Crippen LogP contribution >= 0.6 is 23.2 Å². The molecule has 3 nitrogen and oxygen atoms in total. The summed E-state index contributed by atoms with van der Waals surface area (Å²) >= 11 is 11.7. The molecule has 1 heterocycles. The van der Waals surface area contributed by atoms with Gasteiger partial charge in [-0.1, -0.05) is 23.2 Å². The van der Waals surface area contributed by atoms with E-state index in [0.29, 0.717) is 16.6 Å². The summed E-state index contributed by atoms with van der Waals surface area (Å²) in [7, 11) is 0. The first kappa shape index (κ1) is 10.7. The molecular weight excluding hydrogens is 237 g/mol. The van der Waals surface area contributed by atoms with Crippen LogP contribution in [0, 0.1) is 0 Å². The zero-order valence-corrected chi connectivity index (χ0v) is 9.31. The maximum Gasteiger partial charge on any atom is 0.246 e. The number of rotatable bonds is 1. The van der Waals surface area contributed by atoms with E-state index in [1.807, 2.05) is 0 Å². The molecule has 0 radical (unpaired) electrons. The summed E-state index contributed by atoms with van der Waals surface area (Å²) in [6.07, 6.45) is -0.168. The summed E-state index contributed by atoms with van der Waals surface area (Å²) in [5, 5.41) is 3.85. The Kier molecular flexibility index (Phi) is 3.14. The van der Waals surface area contributed by atoms with Gasteiger partial charge in [-0.3, -0.25) is 4.79 Å². The number of ether oxygens (including phenoxy) is 1. The Morgan fingerprint density at radius 2 is 1.93 bits per heavy atom. The largest absolute Gasteiger partial charge is 0.362 e. The molecule has 1 aliphatic rings. The quantitative estimate of drug-likeness (QED) is 0.824. The molecular formula is C10H9Cl2NO2. The maximum absolute atomic E-state index is 10.9. The minimum atomic E-state index is -0.168. The highest BCUT2D eigenvalue weighted by Crippen LogP contribution is 2.26. The van der Waals surface area contributed by atoms with E-state index in [2.05, 4.69) is 5.32 Å². The van der Waals surface area contributed by atoms with Gasteiger partial charge in [0, 0.05) is 16.6 Å². The van der Waals surface area contributed by atoms with Crippen molar-refractivity contribution in [3.05, 3.63) is 33.8 Å². The average Bonchev–Trinajstić information content (AvgIpc) is 2.17. The van der Waals surface area contributed by atoms with Gasteiger partial charge in [0.2, 0.25) is 5.91 Å². The number of nitrogens with one attached hydrogen (secondary N) is 1. The molecule has 1 atom stereocenters. The minimum absolute atomic E-state index is 0.0782. The molecule has 0 bridgehead atoms. The van der Waals surface area contributed by atoms with E-state index in [1.165, 1.54) is 0 Å². The predicted octanol–water partition coefficient (Wildman–Crippen LogP) is 2.18. The Bertz CT molecular complexity index is 365. The molecule has 2 rings (SSSR count). The molecule has 1 N–H and O–H groups in total. The fraction of sp³-hybridized carbons (Fsp3) is 0.300. The average molecular weight is 246 g/mol. The Morgan fingerprint density at radius 3 is 2.47 bits per heavy atom. The maximum atomic E-state index is 10.9. The molecule has 1 amide bonds. The van der Waals surface area contributed by atoms with Crippen LogP contribution in [-0.4, -0.2) is 19.1 Å². The van der Waals surface area contributed by atoms with Crippen LogP contribution in [0.3, 0.4) is 0 Å². The van der Waals surface area contributed by atoms with Crippen LogP contribution in [0.2, 0.25) is 10.0 Å². The van der Waals surface area contributed by atoms with E-state index in [0.717, 1.165) is 5.56 Å². The van der Waals surface area contributed by atoms with Crippen molar-refractivity contribution in [3.63, 3.8) is 0 Å². The summed E-state index contributed by atoms with van der Waals surface area (Å²) in [5.74, 6) is -0.0978. The van der Waals surface area contributed by atoms with Gasteiger partial charge in [0.05, 0.1) is 0 Å². The first-order valence-electron chi connectivity index (χ1n) is 4.49. The Labute approximate surface area is 97.3 Å². The number of benzene rings is 1. The van der Waals surface area contributed by atoms with Crippen molar-refractivity contribution < 1.29 is 9.53 Å². The van der Waals surface area contributed by atoms with E-state index in [4.69, 9.17) is 27.9 Å². The highest BCUT2D eigenvalue weighted by molar-refractivity contribution is 6.34. The molecule has 0 aliphatic carbocycles. The Morgan fingerprint density at radius 1 is 1.27 bits per heavy atom. The van der Waals surface area contributed by atoms with Gasteiger partial charge in [0.15, 0.2) is 0 Å². The first-order chi connectivity index (χ1) is 7.15. The number of amides is 1. The van der Waals surface area contributed by atoms with Crippen LogP contribution in [0.25, 0.3) is 0 Å². The summed E-state index contributed by atoms with van der Waals surface area (Å²) in [6, 6.07) is 5.24. The van der Waals surface area contributed by atoms with Crippen LogP contribution in [0.5, 0.6) is 0 Å². The summed E-state index contributed by atoms with van der Waals surface area (Å²) in [6.45, 7) is 0.532. The van der Waals surface area contributed by atoms with E-state index in [-0.39, 0.29) is 18.6 Å². The summed E-state index contributed by atoms with van der Waals surface area (Å²) in [4.78, 5) is 10.9. The number of carbonyl (C=O) groups excluding carboxylic acids is 1. The van der Waals surface area contributed by atoms with Crippen LogP contribution in [0.15, 0.2) is 18.2 Å². The highest BCUT2D eigenvalue weighted by atomic mass is 35.5. The molecule has 0 spiro atoms. The SMILES string of the molecule is O=C1CO[C@@H](c2cc(Cl)cc(Cl)c2)CN1. The van der Waals surface area contributed by atoms with Gasteiger partial charge in [-0.15, -0.1) is 0 Å². The van der Waals surface area contributed by atoms with Gasteiger partial charge >= 0.3 is 0 Å². The summed E-state index contributed by atoms with van der Waals surface area (Å²) < 4.78 is 5.36. The molecule has 15 heavy (non-hydrogen) atoms. The second-order valence-electron chi connectivity index (χ2n) is 3.31. The highest BCUT2D eigenvalue weighted by Gasteiger charge is 2.20. The minimum Gasteiger partial charge on any atom is -0.362 e. The third-order valence-electron chi connectivity index (χ3n) is 2.16. The lowest BCUT2D eigenvalue weighted by molar-refractivity contribution is -0.133. The van der Waals surface area contributed by atoms with Crippen LogP contribution in [-0.2, 0) is 9.53 Å². The second kappa shape index (κ2) is 4.39. The van der Waals surface area contributed by atoms with Crippen LogP contribution in [0.4, 0.5) is 0 Å². The van der Waals surface area contributed by atoms with E-state index < -0.39 is 0 Å². The lowest BCUT2D eigenvalue weighted by atomic mass is 10.1. The smallest absolute Gasteiger partial charge is 0.246 e. The van der Waals surface area contributed by atoms with Gasteiger partial charge < -0.3 is 10.1 Å². The monoisotopic (exact) mass is 245 g/mol. The molecule has 80 valence electrons. The van der Waals surface area contributed by atoms with Gasteiger partial charge in [-0.2, -0.15) is 0 Å². The van der Waals surface area contributed by atoms with Crippen molar-refractivity contribution >= 4 is 29.1 Å². The van der Waals surface area contributed by atoms with Crippen molar-refractivity contribution in [1.82, 2.24) is 5.32 Å². The van der Waals surface area contributed by atoms with Crippen molar-refractivity contribution in [2.45, 2.75) is 6.10 Å². The number of halogens is 2. The van der Waals surface area contributed by atoms with Gasteiger partial charge in [-0.05, 0) is 23.8 Å². The van der Waals surface area contributed by atoms with Crippen LogP contribution in [0.1, 0.15) is 11.7 Å². The Balaban J connectivity index is 2.18. The van der Waals surface area contributed by atoms with Crippen molar-refractivity contribution in [3.8, 4) is 0 Å². The number of carbonyl (C=O) groups is 1. The lowest BCUT2D eigenvalue weighted by Gasteiger charge is -2.23. The topological polar surface area (TPSA) is 38.3 Å². The van der Waals surface area contributed by atoms with Crippen molar-refractivity contribution in [1.29, 1.82) is 0 Å². The standard InChI is InChI=1S/C10H9Cl2NO2/c11-7-1-6(2-8(12)3-7)9-4-13-10(14)5-15-9/h1-3,9H,4-5H2,(H,13,14)/t9-/m1/s1. The van der Waals surface area contributed by atoms with Gasteiger partial charge in [0.25, 0.3) is 0 Å². The lowest BCUT2D eigenvalue weighted by Crippen LogP contribution is -2.38. The zero-order chi connectivity index (χ0) is 10.8. The molecule has 5 heteroatoms. The Hall–Kier alpha value is -0.770. The fourth-order valence-electron chi connectivity index (χ4n) is 1.47. The van der Waals surface area contributed by atoms with Gasteiger partial charge in [0.1, 0.15) is 12.7 Å². The van der Waals surface area contributed by atoms with E-state index >= 15 is 0 Å². The molecule has 1 aromatic carbocycles. The third-order valence-corrected chi connectivity index (χ3v) is 2.59. The van der Waals surface area contributed by atoms with Crippen molar-refractivity contribution in [2.24, 2.45) is 0 Å². The number of morpholine rings is 1. The molecule has 1 saturated heterocycles. The zero-order valence-electron chi connectivity index (χ0n) is 7.80. The van der Waals surface area contributed by atoms with Crippen molar-refractivity contribution in [2.75, 3.05) is 13.2 Å². The molecule has 0 unspecified atom stereocenters. The molecule has 0 saturated carbocycles. The number of hydrogen-bond acceptors (Lipinski definition) is 2. The third kappa shape index (κ3) is 2.62. The van der Waals surface area contributed by atoms with E-state index in [1.54, 1.807) is 18.2 Å². The second-order valence-corrected chi connectivity index (χ2v) is 4.18. The first-order valence-corrected chi connectivity index (χ1v) is 5.25.